The van der Waals surface area contributed by atoms with E-state index in [-0.39, 0.29) is 0 Å². The monoisotopic (exact) mass is 332 g/mol. The Morgan fingerprint density at radius 1 is 0.538 bits per heavy atom. The van der Waals surface area contributed by atoms with Crippen LogP contribution in [0, 0.1) is 47.4 Å². The Kier molecular flexibility index (Phi) is 7.32. The predicted octanol–water partition coefficient (Wildman–Crippen LogP) is 3.37. The van der Waals surface area contributed by atoms with Crippen molar-refractivity contribution >= 4 is 11.4 Å². The zero-order chi connectivity index (χ0) is 18.5. The zero-order valence-corrected chi connectivity index (χ0v) is 14.1. The van der Waals surface area contributed by atoms with Gasteiger partial charge in [-0.15, -0.1) is 0 Å². The fraction of sp³-hybridized carbons (Fsp3) is 0. The fourth-order valence-corrected chi connectivity index (χ4v) is 1.78. The van der Waals surface area contributed by atoms with E-state index < -0.39 is 0 Å². The van der Waals surface area contributed by atoms with Gasteiger partial charge in [-0.3, -0.25) is 0 Å². The minimum absolute atomic E-state index is 0.662. The molecule has 0 saturated carbocycles. The summed E-state index contributed by atoms with van der Waals surface area (Å²) in [5.74, 6) is 22.6. The van der Waals surface area contributed by atoms with Crippen LogP contribution in [0.1, 0.15) is 11.1 Å². The second-order valence-corrected chi connectivity index (χ2v) is 4.92. The van der Waals surface area contributed by atoms with Crippen molar-refractivity contribution < 1.29 is 0 Å². The van der Waals surface area contributed by atoms with Gasteiger partial charge in [-0.1, -0.05) is 59.8 Å². The maximum absolute atomic E-state index is 5.80. The van der Waals surface area contributed by atoms with Crippen LogP contribution in [0.5, 0.6) is 0 Å². The van der Waals surface area contributed by atoms with Crippen molar-refractivity contribution in [2.75, 3.05) is 11.5 Å². The molecule has 0 aliphatic carbocycles. The number of para-hydroxylation sites is 2. The quantitative estimate of drug-likeness (QED) is 0.574. The van der Waals surface area contributed by atoms with Crippen molar-refractivity contribution in [1.29, 1.82) is 0 Å². The molecule has 0 aromatic heterocycles. The minimum Gasteiger partial charge on any atom is -0.398 e. The van der Waals surface area contributed by atoms with Crippen molar-refractivity contribution in [2.45, 2.75) is 0 Å². The first kappa shape index (κ1) is 18.1. The lowest BCUT2D eigenvalue weighted by Gasteiger charge is -1.93. The number of nitrogens with two attached hydrogens (primary N) is 2. The summed E-state index contributed by atoms with van der Waals surface area (Å²) in [5.41, 5.74) is 14.5. The van der Waals surface area contributed by atoms with Gasteiger partial charge in [0.15, 0.2) is 0 Å². The molecule has 2 rings (SSSR count). The largest absolute Gasteiger partial charge is 0.398 e. The molecule has 0 atom stereocenters. The Morgan fingerprint density at radius 3 is 1.35 bits per heavy atom. The minimum atomic E-state index is 0.662. The van der Waals surface area contributed by atoms with Gasteiger partial charge in [0.2, 0.25) is 0 Å². The van der Waals surface area contributed by atoms with E-state index in [0.717, 1.165) is 11.1 Å². The molecule has 0 spiro atoms. The molecule has 0 radical (unpaired) electrons. The van der Waals surface area contributed by atoms with Crippen molar-refractivity contribution in [1.82, 2.24) is 0 Å². The van der Waals surface area contributed by atoms with E-state index in [0.29, 0.717) is 11.4 Å². The standard InChI is InChI=1S/C24H16N2/c25-23-19-13-11-17-21(23)15-9-7-5-3-1-2-4-6-8-10-16-22-18-12-14-20-24(22)26/h5-8,11-14,17-20H,25-26H2/b7-5-,8-6-. The van der Waals surface area contributed by atoms with Crippen LogP contribution in [0.4, 0.5) is 11.4 Å². The summed E-state index contributed by atoms with van der Waals surface area (Å²) >= 11 is 0. The molecular formula is C24H16N2. The average molecular weight is 332 g/mol. The van der Waals surface area contributed by atoms with Crippen LogP contribution < -0.4 is 11.5 Å². The first-order chi connectivity index (χ1) is 12.8. The highest BCUT2D eigenvalue weighted by Gasteiger charge is 1.90. The molecule has 0 heterocycles. The van der Waals surface area contributed by atoms with E-state index in [2.05, 4.69) is 47.4 Å². The van der Waals surface area contributed by atoms with E-state index in [1.54, 1.807) is 24.3 Å². The number of hydrogen-bond donors (Lipinski definition) is 2. The molecule has 4 N–H and O–H groups in total. The molecule has 0 bridgehead atoms. The van der Waals surface area contributed by atoms with E-state index in [4.69, 9.17) is 11.5 Å². The van der Waals surface area contributed by atoms with Crippen molar-refractivity contribution in [3.63, 3.8) is 0 Å². The summed E-state index contributed by atoms with van der Waals surface area (Å²) in [6.45, 7) is 0. The van der Waals surface area contributed by atoms with Crippen LogP contribution in [0.3, 0.4) is 0 Å². The van der Waals surface area contributed by atoms with Gasteiger partial charge in [0.1, 0.15) is 0 Å². The average Bonchev–Trinajstić information content (AvgIpc) is 2.65. The lowest BCUT2D eigenvalue weighted by Crippen LogP contribution is -1.87. The van der Waals surface area contributed by atoms with Gasteiger partial charge in [-0.2, -0.15) is 0 Å². The molecular weight excluding hydrogens is 316 g/mol. The first-order valence-corrected chi connectivity index (χ1v) is 7.80. The van der Waals surface area contributed by atoms with Gasteiger partial charge in [0, 0.05) is 22.5 Å². The third-order valence-electron chi connectivity index (χ3n) is 3.04. The molecule has 2 nitrogen and oxygen atoms in total. The van der Waals surface area contributed by atoms with Crippen molar-refractivity contribution in [2.24, 2.45) is 0 Å². The highest BCUT2D eigenvalue weighted by Crippen LogP contribution is 2.08. The summed E-state index contributed by atoms with van der Waals surface area (Å²) in [6.07, 6.45) is 6.60. The van der Waals surface area contributed by atoms with Crippen LogP contribution >= 0.6 is 0 Å². The molecule has 0 aliphatic heterocycles. The third kappa shape index (κ3) is 6.48. The van der Waals surface area contributed by atoms with Crippen molar-refractivity contribution in [3.8, 4) is 47.4 Å². The maximum Gasteiger partial charge on any atom is 0.0478 e. The van der Waals surface area contributed by atoms with Crippen LogP contribution in [0.25, 0.3) is 0 Å². The van der Waals surface area contributed by atoms with E-state index >= 15 is 0 Å². The molecule has 0 unspecified atom stereocenters. The van der Waals surface area contributed by atoms with Gasteiger partial charge in [0.05, 0.1) is 0 Å². The molecule has 0 saturated heterocycles. The van der Waals surface area contributed by atoms with Gasteiger partial charge in [0.25, 0.3) is 0 Å². The Labute approximate surface area is 154 Å². The van der Waals surface area contributed by atoms with Gasteiger partial charge in [-0.25, -0.2) is 0 Å². The summed E-state index contributed by atoms with van der Waals surface area (Å²) < 4.78 is 0. The number of allylic oxidation sites excluding steroid dienone is 4. The SMILES string of the molecule is Nc1ccccc1C#C/C=C\C#CC#C/C=C\C#Cc1ccccc1N. The summed E-state index contributed by atoms with van der Waals surface area (Å²) in [4.78, 5) is 0. The lowest BCUT2D eigenvalue weighted by atomic mass is 10.2. The number of nitrogen functional groups attached to an aromatic ring is 2. The molecule has 0 amide bonds. The van der Waals surface area contributed by atoms with Crippen molar-refractivity contribution in [3.05, 3.63) is 84.0 Å². The van der Waals surface area contributed by atoms with E-state index in [9.17, 15) is 0 Å². The van der Waals surface area contributed by atoms with Gasteiger partial charge >= 0.3 is 0 Å². The Hall–Kier alpha value is -4.24. The Bertz CT molecular complexity index is 984. The maximum atomic E-state index is 5.80. The lowest BCUT2D eigenvalue weighted by molar-refractivity contribution is 1.63. The predicted molar refractivity (Wildman–Crippen MR) is 109 cm³/mol. The molecule has 2 heteroatoms. The van der Waals surface area contributed by atoms with Crippen LogP contribution in [-0.4, -0.2) is 0 Å². The van der Waals surface area contributed by atoms with Crippen LogP contribution in [0.2, 0.25) is 0 Å². The van der Waals surface area contributed by atoms with Gasteiger partial charge in [-0.05, 0) is 60.4 Å². The molecule has 0 aliphatic rings. The molecule has 26 heavy (non-hydrogen) atoms. The van der Waals surface area contributed by atoms with E-state index in [1.807, 2.05) is 48.5 Å². The van der Waals surface area contributed by atoms with E-state index in [1.165, 1.54) is 0 Å². The second-order valence-electron chi connectivity index (χ2n) is 4.92. The molecule has 2 aromatic rings. The zero-order valence-electron chi connectivity index (χ0n) is 14.1. The number of anilines is 2. The molecule has 122 valence electrons. The van der Waals surface area contributed by atoms with Crippen LogP contribution in [0.15, 0.2) is 72.8 Å². The van der Waals surface area contributed by atoms with Crippen LogP contribution in [-0.2, 0) is 0 Å². The highest BCUT2D eigenvalue weighted by atomic mass is 14.6. The smallest absolute Gasteiger partial charge is 0.0478 e. The fourth-order valence-electron chi connectivity index (χ4n) is 1.78. The summed E-state index contributed by atoms with van der Waals surface area (Å²) in [7, 11) is 0. The number of benzene rings is 2. The first-order valence-electron chi connectivity index (χ1n) is 7.80. The molecule has 2 aromatic carbocycles. The number of hydrogen-bond acceptors (Lipinski definition) is 2. The Balaban J connectivity index is 1.83. The topological polar surface area (TPSA) is 52.0 Å². The van der Waals surface area contributed by atoms with Gasteiger partial charge < -0.3 is 11.5 Å². The summed E-state index contributed by atoms with van der Waals surface area (Å²) in [5, 5.41) is 0. The summed E-state index contributed by atoms with van der Waals surface area (Å²) in [6, 6.07) is 14.9. The Morgan fingerprint density at radius 2 is 0.923 bits per heavy atom. The second kappa shape index (κ2) is 10.5. The highest BCUT2D eigenvalue weighted by molar-refractivity contribution is 5.57. The number of rotatable bonds is 0. The molecule has 0 fully saturated rings. The normalized spacial score (nSPS) is 9.08. The third-order valence-corrected chi connectivity index (χ3v) is 3.04.